The number of alkyl halides is 2. The summed E-state index contributed by atoms with van der Waals surface area (Å²) in [5.74, 6) is -1.37. The van der Waals surface area contributed by atoms with E-state index in [2.05, 4.69) is 14.7 Å². The molecular formula is C23H23F2N5O5S2. The smallest absolute Gasteiger partial charge is 0.388 e. The Balaban J connectivity index is 1.89. The summed E-state index contributed by atoms with van der Waals surface area (Å²) in [4.78, 5) is 23.2. The molecule has 0 unspecified atom stereocenters. The van der Waals surface area contributed by atoms with Crippen LogP contribution in [-0.4, -0.2) is 50.4 Å². The van der Waals surface area contributed by atoms with Gasteiger partial charge in [0.2, 0.25) is 15.9 Å². The zero-order valence-corrected chi connectivity index (χ0v) is 21.5. The minimum atomic E-state index is -3.88. The summed E-state index contributed by atoms with van der Waals surface area (Å²) in [7, 11) is -2.43. The predicted molar refractivity (Wildman–Crippen MR) is 132 cm³/mol. The second kappa shape index (κ2) is 12.5. The topological polar surface area (TPSA) is 135 Å². The SMILES string of the molecule is COCCCS(=O)(=O)NC(=O)c1nc(N(Cc2ccc(OC(F)F)nc2)c2ccc(C#N)cc2)sc1C. The van der Waals surface area contributed by atoms with Crippen molar-refractivity contribution in [1.29, 1.82) is 5.26 Å². The number of nitrogens with zero attached hydrogens (tertiary/aromatic N) is 4. The molecule has 0 saturated carbocycles. The number of methoxy groups -OCH3 is 1. The van der Waals surface area contributed by atoms with Crippen LogP contribution < -0.4 is 14.4 Å². The van der Waals surface area contributed by atoms with Crippen molar-refractivity contribution in [3.05, 3.63) is 64.3 Å². The largest absolute Gasteiger partial charge is 0.417 e. The molecule has 1 aromatic carbocycles. The number of benzene rings is 1. The lowest BCUT2D eigenvalue weighted by Crippen LogP contribution is -2.33. The van der Waals surface area contributed by atoms with E-state index in [1.165, 1.54) is 19.4 Å². The van der Waals surface area contributed by atoms with Crippen LogP contribution in [-0.2, 0) is 21.3 Å². The number of nitriles is 1. The average Bonchev–Trinajstić information content (AvgIpc) is 3.24. The highest BCUT2D eigenvalue weighted by molar-refractivity contribution is 7.90. The van der Waals surface area contributed by atoms with Crippen LogP contribution in [0, 0.1) is 18.3 Å². The number of nitrogens with one attached hydrogen (secondary N) is 1. The Morgan fingerprint density at radius 3 is 2.57 bits per heavy atom. The molecule has 14 heteroatoms. The highest BCUT2D eigenvalue weighted by atomic mass is 32.2. The van der Waals surface area contributed by atoms with Gasteiger partial charge in [0.15, 0.2) is 5.13 Å². The molecule has 196 valence electrons. The quantitative estimate of drug-likeness (QED) is 0.334. The molecule has 0 aliphatic carbocycles. The lowest BCUT2D eigenvalue weighted by molar-refractivity contribution is -0.0528. The fourth-order valence-electron chi connectivity index (χ4n) is 3.18. The molecular weight excluding hydrogens is 528 g/mol. The molecule has 0 aliphatic heterocycles. The molecule has 0 atom stereocenters. The maximum atomic E-state index is 12.7. The van der Waals surface area contributed by atoms with Crippen molar-refractivity contribution >= 4 is 38.1 Å². The number of thiazole rings is 1. The molecule has 10 nitrogen and oxygen atoms in total. The number of halogens is 2. The molecule has 0 aliphatic rings. The molecule has 0 spiro atoms. The van der Waals surface area contributed by atoms with E-state index >= 15 is 0 Å². The Morgan fingerprint density at radius 1 is 1.24 bits per heavy atom. The van der Waals surface area contributed by atoms with Crippen molar-refractivity contribution in [2.24, 2.45) is 0 Å². The molecule has 1 N–H and O–H groups in total. The first-order chi connectivity index (χ1) is 17.6. The summed E-state index contributed by atoms with van der Waals surface area (Å²) in [5, 5.41) is 9.49. The van der Waals surface area contributed by atoms with Gasteiger partial charge >= 0.3 is 6.61 Å². The first kappa shape index (κ1) is 27.9. The molecule has 3 aromatic rings. The summed E-state index contributed by atoms with van der Waals surface area (Å²) in [6, 6.07) is 11.5. The minimum Gasteiger partial charge on any atom is -0.417 e. The average molecular weight is 552 g/mol. The molecule has 2 aromatic heterocycles. The van der Waals surface area contributed by atoms with Crippen molar-refractivity contribution in [3.8, 4) is 11.9 Å². The van der Waals surface area contributed by atoms with Gasteiger partial charge < -0.3 is 14.4 Å². The fourth-order valence-corrected chi connectivity index (χ4v) is 5.08. The number of aryl methyl sites for hydroxylation is 1. The molecule has 0 bridgehead atoms. The van der Waals surface area contributed by atoms with E-state index in [9.17, 15) is 22.0 Å². The zero-order valence-electron chi connectivity index (χ0n) is 19.8. The maximum absolute atomic E-state index is 12.7. The maximum Gasteiger partial charge on any atom is 0.388 e. The van der Waals surface area contributed by atoms with Gasteiger partial charge in [-0.3, -0.25) is 4.79 Å². The molecule has 2 heterocycles. The van der Waals surface area contributed by atoms with Crippen LogP contribution in [0.1, 0.15) is 32.9 Å². The lowest BCUT2D eigenvalue weighted by atomic mass is 10.2. The number of aromatic nitrogens is 2. The number of pyridine rings is 1. The number of hydrogen-bond acceptors (Lipinski definition) is 10. The van der Waals surface area contributed by atoms with Crippen LogP contribution in [0.2, 0.25) is 0 Å². The monoisotopic (exact) mass is 551 g/mol. The van der Waals surface area contributed by atoms with Gasteiger partial charge in [0.1, 0.15) is 5.69 Å². The van der Waals surface area contributed by atoms with Crippen LogP contribution in [0.5, 0.6) is 5.88 Å². The number of ether oxygens (including phenoxy) is 2. The second-order valence-electron chi connectivity index (χ2n) is 7.63. The first-order valence-corrected chi connectivity index (χ1v) is 13.3. The van der Waals surface area contributed by atoms with Gasteiger partial charge in [-0.25, -0.2) is 23.1 Å². The summed E-state index contributed by atoms with van der Waals surface area (Å²) in [6.07, 6.45) is 1.59. The van der Waals surface area contributed by atoms with Crippen LogP contribution in [0.4, 0.5) is 19.6 Å². The van der Waals surface area contributed by atoms with Crippen LogP contribution >= 0.6 is 11.3 Å². The lowest BCUT2D eigenvalue weighted by Gasteiger charge is -2.22. The highest BCUT2D eigenvalue weighted by Gasteiger charge is 2.24. The highest BCUT2D eigenvalue weighted by Crippen LogP contribution is 2.33. The van der Waals surface area contributed by atoms with Crippen molar-refractivity contribution in [2.75, 3.05) is 24.4 Å². The van der Waals surface area contributed by atoms with E-state index in [1.54, 1.807) is 42.2 Å². The molecule has 0 fully saturated rings. The number of rotatable bonds is 12. The Morgan fingerprint density at radius 2 is 1.97 bits per heavy atom. The van der Waals surface area contributed by atoms with Gasteiger partial charge in [-0.2, -0.15) is 14.0 Å². The Bertz CT molecular complexity index is 1360. The number of carbonyl (C=O) groups excluding carboxylic acids is 1. The van der Waals surface area contributed by atoms with Gasteiger partial charge in [0.25, 0.3) is 5.91 Å². The van der Waals surface area contributed by atoms with Crippen molar-refractivity contribution in [2.45, 2.75) is 26.5 Å². The third-order valence-electron chi connectivity index (χ3n) is 4.90. The third kappa shape index (κ3) is 7.91. The van der Waals surface area contributed by atoms with Gasteiger partial charge in [-0.15, -0.1) is 11.3 Å². The van der Waals surface area contributed by atoms with Gasteiger partial charge in [-0.1, -0.05) is 6.07 Å². The van der Waals surface area contributed by atoms with Crippen LogP contribution in [0.25, 0.3) is 0 Å². The van der Waals surface area contributed by atoms with E-state index < -0.39 is 22.5 Å². The number of amides is 1. The zero-order chi connectivity index (χ0) is 27.0. The second-order valence-corrected chi connectivity index (χ2v) is 10.6. The molecule has 0 radical (unpaired) electrons. The summed E-state index contributed by atoms with van der Waals surface area (Å²) < 4.78 is 60.5. The van der Waals surface area contributed by atoms with Crippen LogP contribution in [0.3, 0.4) is 0 Å². The van der Waals surface area contributed by atoms with Gasteiger partial charge in [0, 0.05) is 36.5 Å². The number of hydrogen-bond donors (Lipinski definition) is 1. The number of anilines is 2. The third-order valence-corrected chi connectivity index (χ3v) is 7.21. The summed E-state index contributed by atoms with van der Waals surface area (Å²) >= 11 is 1.16. The Hall–Kier alpha value is -3.67. The molecule has 37 heavy (non-hydrogen) atoms. The molecule has 0 saturated heterocycles. The van der Waals surface area contributed by atoms with E-state index in [-0.39, 0.29) is 36.9 Å². The van der Waals surface area contributed by atoms with E-state index in [4.69, 9.17) is 10.00 Å². The fraction of sp³-hybridized carbons (Fsp3) is 0.304. The normalized spacial score (nSPS) is 11.2. The van der Waals surface area contributed by atoms with Crippen molar-refractivity contribution < 1.29 is 31.5 Å². The minimum absolute atomic E-state index is 0.0484. The van der Waals surface area contributed by atoms with E-state index in [1.807, 2.05) is 10.8 Å². The standard InChI is InChI=1S/C23H23F2N5O5S2/c1-15-20(21(31)29-37(32,33)11-3-10-34-2)28-23(36-15)30(18-7-4-16(12-26)5-8-18)14-17-6-9-19(27-13-17)35-22(24)25/h4-9,13,22H,3,10-11,14H2,1-2H3,(H,29,31). The van der Waals surface area contributed by atoms with Crippen molar-refractivity contribution in [3.63, 3.8) is 0 Å². The molecule has 3 rings (SSSR count). The van der Waals surface area contributed by atoms with Crippen LogP contribution in [0.15, 0.2) is 42.6 Å². The first-order valence-electron chi connectivity index (χ1n) is 10.8. The molecule has 1 amide bonds. The van der Waals surface area contributed by atoms with Crippen molar-refractivity contribution in [1.82, 2.24) is 14.7 Å². The predicted octanol–water partition coefficient (Wildman–Crippen LogP) is 3.75. The summed E-state index contributed by atoms with van der Waals surface area (Å²) in [6.45, 7) is -0.946. The van der Waals surface area contributed by atoms with E-state index in [0.29, 0.717) is 26.8 Å². The Labute approximate surface area is 216 Å². The van der Waals surface area contributed by atoms with Gasteiger partial charge in [0.05, 0.1) is 23.9 Å². The summed E-state index contributed by atoms with van der Waals surface area (Å²) in [5.41, 5.74) is 1.63. The van der Waals surface area contributed by atoms with Gasteiger partial charge in [-0.05, 0) is 43.2 Å². The number of sulfonamides is 1. The Kier molecular flexibility index (Phi) is 9.45. The van der Waals surface area contributed by atoms with E-state index in [0.717, 1.165) is 11.3 Å². The number of carbonyl (C=O) groups is 1.